The number of nitrogens with zero attached hydrogens (tertiary/aromatic N) is 2. The van der Waals surface area contributed by atoms with Gasteiger partial charge < -0.3 is 9.67 Å². The Hall–Kier alpha value is -2.07. The summed E-state index contributed by atoms with van der Waals surface area (Å²) in [5.74, 6) is -0.192. The molecule has 1 aromatic heterocycles. The summed E-state index contributed by atoms with van der Waals surface area (Å²) < 4.78 is 1.98. The van der Waals surface area contributed by atoms with Crippen LogP contribution in [0.4, 0.5) is 0 Å². The minimum Gasteiger partial charge on any atom is -0.503 e. The Morgan fingerprint density at radius 1 is 1.17 bits per heavy atom. The first-order valence-electron chi connectivity index (χ1n) is 8.73. The maximum Gasteiger partial charge on any atom is 0.223 e. The van der Waals surface area contributed by atoms with Crippen molar-refractivity contribution in [2.24, 2.45) is 0 Å². The molecule has 0 saturated carbocycles. The molecule has 0 bridgehead atoms. The van der Waals surface area contributed by atoms with Gasteiger partial charge in [0.25, 0.3) is 0 Å². The van der Waals surface area contributed by atoms with Gasteiger partial charge in [0.2, 0.25) is 5.43 Å². The highest BCUT2D eigenvalue weighted by Gasteiger charge is 2.10. The fourth-order valence-electron chi connectivity index (χ4n) is 2.74. The van der Waals surface area contributed by atoms with Gasteiger partial charge in [-0.05, 0) is 32.0 Å². The van der Waals surface area contributed by atoms with E-state index in [0.717, 1.165) is 43.7 Å². The van der Waals surface area contributed by atoms with Crippen LogP contribution in [0.1, 0.15) is 43.5 Å². The second-order valence-corrected chi connectivity index (χ2v) is 6.35. The van der Waals surface area contributed by atoms with Crippen molar-refractivity contribution >= 4 is 0 Å². The molecule has 0 unspecified atom stereocenters. The third kappa shape index (κ3) is 4.96. The number of benzene rings is 1. The minimum absolute atomic E-state index is 0.192. The standard InChI is InChI=1S/C20H28N2O2/c1-4-6-11-21(5-2)14-18-12-19(23)20(24)15-22(18)13-17-9-7-16(3)8-10-17/h7-10,12,15,24H,4-6,11,13-14H2,1-3H3. The number of pyridine rings is 1. The summed E-state index contributed by atoms with van der Waals surface area (Å²) in [7, 11) is 0. The fourth-order valence-corrected chi connectivity index (χ4v) is 2.74. The highest BCUT2D eigenvalue weighted by Crippen LogP contribution is 2.13. The highest BCUT2D eigenvalue weighted by molar-refractivity contribution is 5.25. The number of aromatic nitrogens is 1. The first-order valence-corrected chi connectivity index (χ1v) is 8.73. The number of aryl methyl sites for hydroxylation is 1. The van der Waals surface area contributed by atoms with Crippen molar-refractivity contribution in [1.82, 2.24) is 9.47 Å². The van der Waals surface area contributed by atoms with Crippen molar-refractivity contribution in [3.05, 3.63) is 63.6 Å². The summed E-state index contributed by atoms with van der Waals surface area (Å²) >= 11 is 0. The molecule has 1 N–H and O–H groups in total. The Balaban J connectivity index is 2.26. The predicted molar refractivity (Wildman–Crippen MR) is 98.5 cm³/mol. The maximum absolute atomic E-state index is 11.9. The first-order chi connectivity index (χ1) is 11.5. The van der Waals surface area contributed by atoms with Crippen molar-refractivity contribution < 1.29 is 5.11 Å². The molecule has 0 aliphatic carbocycles. The van der Waals surface area contributed by atoms with Crippen LogP contribution in [0.25, 0.3) is 0 Å². The lowest BCUT2D eigenvalue weighted by atomic mass is 10.1. The van der Waals surface area contributed by atoms with Gasteiger partial charge in [-0.2, -0.15) is 0 Å². The average molecular weight is 328 g/mol. The molecule has 2 rings (SSSR count). The van der Waals surface area contributed by atoms with Crippen molar-refractivity contribution in [2.75, 3.05) is 13.1 Å². The summed E-state index contributed by atoms with van der Waals surface area (Å²) in [6.07, 6.45) is 3.86. The number of unbranched alkanes of at least 4 members (excludes halogenated alkanes) is 1. The van der Waals surface area contributed by atoms with Crippen LogP contribution in [0.15, 0.2) is 41.3 Å². The van der Waals surface area contributed by atoms with Gasteiger partial charge in [-0.25, -0.2) is 0 Å². The Morgan fingerprint density at radius 3 is 2.50 bits per heavy atom. The quantitative estimate of drug-likeness (QED) is 0.806. The second-order valence-electron chi connectivity index (χ2n) is 6.35. The zero-order chi connectivity index (χ0) is 17.5. The monoisotopic (exact) mass is 328 g/mol. The van der Waals surface area contributed by atoms with E-state index in [9.17, 15) is 9.90 Å². The van der Waals surface area contributed by atoms with Gasteiger partial charge in [0.05, 0.1) is 6.20 Å². The molecule has 0 spiro atoms. The summed E-state index contributed by atoms with van der Waals surface area (Å²) in [6.45, 7) is 9.71. The number of rotatable bonds is 8. The summed E-state index contributed by atoms with van der Waals surface area (Å²) in [4.78, 5) is 14.2. The van der Waals surface area contributed by atoms with E-state index in [1.54, 1.807) is 12.3 Å². The van der Waals surface area contributed by atoms with Crippen molar-refractivity contribution in [1.29, 1.82) is 0 Å². The van der Waals surface area contributed by atoms with Gasteiger partial charge >= 0.3 is 0 Å². The largest absolute Gasteiger partial charge is 0.503 e. The summed E-state index contributed by atoms with van der Waals surface area (Å²) in [5, 5.41) is 9.83. The Bertz CT molecular complexity index is 705. The topological polar surface area (TPSA) is 45.5 Å². The van der Waals surface area contributed by atoms with E-state index in [2.05, 4.69) is 49.9 Å². The zero-order valence-corrected chi connectivity index (χ0v) is 15.0. The third-order valence-corrected chi connectivity index (χ3v) is 4.33. The first kappa shape index (κ1) is 18.3. The van der Waals surface area contributed by atoms with Crippen LogP contribution in [-0.2, 0) is 13.1 Å². The lowest BCUT2D eigenvalue weighted by molar-refractivity contribution is 0.267. The molecule has 0 radical (unpaired) electrons. The number of hydrogen-bond donors (Lipinski definition) is 1. The summed E-state index contributed by atoms with van der Waals surface area (Å²) in [5.41, 5.74) is 3.01. The van der Waals surface area contributed by atoms with Crippen LogP contribution in [0.5, 0.6) is 5.75 Å². The van der Waals surface area contributed by atoms with Crippen LogP contribution in [-0.4, -0.2) is 27.7 Å². The van der Waals surface area contributed by atoms with Crippen molar-refractivity contribution in [3.8, 4) is 5.75 Å². The molecule has 2 aromatic rings. The molecule has 0 fully saturated rings. The molecule has 0 aliphatic rings. The number of aromatic hydroxyl groups is 1. The molecule has 1 heterocycles. The molecular formula is C20H28N2O2. The molecule has 0 atom stereocenters. The molecule has 24 heavy (non-hydrogen) atoms. The molecule has 0 amide bonds. The number of hydrogen-bond acceptors (Lipinski definition) is 3. The smallest absolute Gasteiger partial charge is 0.223 e. The lowest BCUT2D eigenvalue weighted by Crippen LogP contribution is -2.27. The summed E-state index contributed by atoms with van der Waals surface area (Å²) in [6, 6.07) is 9.90. The second kappa shape index (κ2) is 8.69. The Labute approximate surface area is 144 Å². The van der Waals surface area contributed by atoms with E-state index >= 15 is 0 Å². The van der Waals surface area contributed by atoms with Crippen LogP contribution < -0.4 is 5.43 Å². The van der Waals surface area contributed by atoms with Gasteiger partial charge in [-0.3, -0.25) is 9.69 Å². The van der Waals surface area contributed by atoms with E-state index < -0.39 is 0 Å². The highest BCUT2D eigenvalue weighted by atomic mass is 16.3. The van der Waals surface area contributed by atoms with E-state index in [4.69, 9.17) is 0 Å². The Morgan fingerprint density at radius 2 is 1.88 bits per heavy atom. The van der Waals surface area contributed by atoms with Crippen molar-refractivity contribution in [2.45, 2.75) is 46.7 Å². The molecule has 1 aromatic carbocycles. The predicted octanol–water partition coefficient (Wildman–Crippen LogP) is 3.53. The van der Waals surface area contributed by atoms with E-state index in [0.29, 0.717) is 6.54 Å². The van der Waals surface area contributed by atoms with Gasteiger partial charge in [0.15, 0.2) is 5.75 Å². The average Bonchev–Trinajstić information content (AvgIpc) is 2.57. The van der Waals surface area contributed by atoms with Gasteiger partial charge in [-0.15, -0.1) is 0 Å². The van der Waals surface area contributed by atoms with Crippen LogP contribution in [0.2, 0.25) is 0 Å². The molecule has 4 heteroatoms. The SMILES string of the molecule is CCCCN(CC)Cc1cc(=O)c(O)cn1Cc1ccc(C)cc1. The van der Waals surface area contributed by atoms with Crippen LogP contribution in [0.3, 0.4) is 0 Å². The third-order valence-electron chi connectivity index (χ3n) is 4.33. The van der Waals surface area contributed by atoms with Gasteiger partial charge in [-0.1, -0.05) is 50.1 Å². The van der Waals surface area contributed by atoms with E-state index in [1.165, 1.54) is 5.56 Å². The molecule has 4 nitrogen and oxygen atoms in total. The van der Waals surface area contributed by atoms with E-state index in [1.807, 2.05) is 4.57 Å². The zero-order valence-electron chi connectivity index (χ0n) is 15.0. The molecule has 130 valence electrons. The van der Waals surface area contributed by atoms with Crippen LogP contribution >= 0.6 is 0 Å². The molecule has 0 saturated heterocycles. The van der Waals surface area contributed by atoms with Crippen molar-refractivity contribution in [3.63, 3.8) is 0 Å². The Kier molecular flexibility index (Phi) is 6.62. The van der Waals surface area contributed by atoms with Gasteiger partial charge in [0, 0.05) is 24.8 Å². The maximum atomic E-state index is 11.9. The normalized spacial score (nSPS) is 11.2. The fraction of sp³-hybridized carbons (Fsp3) is 0.450. The molecule has 0 aliphatic heterocycles. The lowest BCUT2D eigenvalue weighted by Gasteiger charge is -2.23. The van der Waals surface area contributed by atoms with E-state index in [-0.39, 0.29) is 11.2 Å². The minimum atomic E-state index is -0.309. The van der Waals surface area contributed by atoms with Gasteiger partial charge in [0.1, 0.15) is 0 Å². The molecular weight excluding hydrogens is 300 g/mol. The van der Waals surface area contributed by atoms with Crippen LogP contribution in [0, 0.1) is 6.92 Å².